The van der Waals surface area contributed by atoms with Gasteiger partial charge in [-0.3, -0.25) is 9.59 Å². The van der Waals surface area contributed by atoms with E-state index in [4.69, 9.17) is 0 Å². The monoisotopic (exact) mass is 378 g/mol. The maximum atomic E-state index is 11.8. The van der Waals surface area contributed by atoms with Crippen LogP contribution in [0.4, 0.5) is 5.69 Å². The molecule has 0 atom stereocenters. The van der Waals surface area contributed by atoms with Gasteiger partial charge in [0.15, 0.2) is 0 Å². The first-order valence-corrected chi connectivity index (χ1v) is 8.32. The summed E-state index contributed by atoms with van der Waals surface area (Å²) >= 11 is 4.93. The van der Waals surface area contributed by atoms with Crippen molar-refractivity contribution in [1.29, 1.82) is 0 Å². The summed E-state index contributed by atoms with van der Waals surface area (Å²) in [5, 5.41) is 9.19. The molecule has 2 aromatic rings. The van der Waals surface area contributed by atoms with E-state index in [-0.39, 0.29) is 18.4 Å². The number of carbonyl (C=O) groups excluding carboxylic acids is 2. The predicted octanol–water partition coefficient (Wildman–Crippen LogP) is 3.59. The van der Waals surface area contributed by atoms with Gasteiger partial charge in [0.1, 0.15) is 0 Å². The summed E-state index contributed by atoms with van der Waals surface area (Å²) in [6.45, 7) is 1.84. The van der Waals surface area contributed by atoms with E-state index >= 15 is 0 Å². The van der Waals surface area contributed by atoms with Gasteiger partial charge in [-0.25, -0.2) is 0 Å². The summed E-state index contributed by atoms with van der Waals surface area (Å²) in [7, 11) is 0. The molecule has 0 fully saturated rings. The van der Waals surface area contributed by atoms with Crippen molar-refractivity contribution in [2.45, 2.75) is 6.92 Å². The standard InChI is InChI=1S/C16H15BrN2O2S/c1-11-8-13(17)3-4-14(11)19-16(21)9-18-15(20)5-2-12-6-7-22-10-12/h2-8,10H,9H2,1H3,(H,18,20)(H,19,21)/b5-2+. The Morgan fingerprint density at radius 1 is 1.32 bits per heavy atom. The molecular weight excluding hydrogens is 364 g/mol. The fraction of sp³-hybridized carbons (Fsp3) is 0.125. The minimum Gasteiger partial charge on any atom is -0.343 e. The fourth-order valence-electron chi connectivity index (χ4n) is 1.73. The van der Waals surface area contributed by atoms with Crippen molar-refractivity contribution in [3.63, 3.8) is 0 Å². The second kappa shape index (κ2) is 7.91. The molecule has 4 nitrogen and oxygen atoms in total. The summed E-state index contributed by atoms with van der Waals surface area (Å²) in [4.78, 5) is 23.5. The molecule has 0 saturated carbocycles. The number of amides is 2. The zero-order valence-electron chi connectivity index (χ0n) is 11.9. The smallest absolute Gasteiger partial charge is 0.244 e. The average molecular weight is 379 g/mol. The van der Waals surface area contributed by atoms with Crippen molar-refractivity contribution in [3.05, 3.63) is 56.7 Å². The number of thiophene rings is 1. The van der Waals surface area contributed by atoms with Crippen LogP contribution in [0.1, 0.15) is 11.1 Å². The Kier molecular flexibility index (Phi) is 5.91. The molecule has 0 radical (unpaired) electrons. The van der Waals surface area contributed by atoms with Crippen molar-refractivity contribution in [2.24, 2.45) is 0 Å². The molecule has 2 rings (SSSR count). The SMILES string of the molecule is Cc1cc(Br)ccc1NC(=O)CNC(=O)/C=C/c1ccsc1. The summed E-state index contributed by atoms with van der Waals surface area (Å²) in [5.74, 6) is -0.559. The second-order valence-corrected chi connectivity index (χ2v) is 6.31. The number of aryl methyl sites for hydroxylation is 1. The number of rotatable bonds is 5. The van der Waals surface area contributed by atoms with Crippen LogP contribution in [0.3, 0.4) is 0 Å². The third-order valence-electron chi connectivity index (χ3n) is 2.86. The highest BCUT2D eigenvalue weighted by atomic mass is 79.9. The molecule has 6 heteroatoms. The molecule has 0 bridgehead atoms. The van der Waals surface area contributed by atoms with Crippen molar-refractivity contribution in [1.82, 2.24) is 5.32 Å². The Balaban J connectivity index is 1.81. The number of nitrogens with one attached hydrogen (secondary N) is 2. The normalized spacial score (nSPS) is 10.6. The average Bonchev–Trinajstić information content (AvgIpc) is 2.99. The Morgan fingerprint density at radius 2 is 2.14 bits per heavy atom. The number of carbonyl (C=O) groups is 2. The minimum absolute atomic E-state index is 0.0671. The molecule has 0 unspecified atom stereocenters. The van der Waals surface area contributed by atoms with Crippen LogP contribution in [-0.4, -0.2) is 18.4 Å². The third-order valence-corrected chi connectivity index (χ3v) is 4.05. The number of anilines is 1. The Morgan fingerprint density at radius 3 is 2.82 bits per heavy atom. The number of halogens is 1. The van der Waals surface area contributed by atoms with E-state index in [1.807, 2.05) is 41.9 Å². The van der Waals surface area contributed by atoms with Crippen LogP contribution in [0.5, 0.6) is 0 Å². The van der Waals surface area contributed by atoms with Gasteiger partial charge in [0.25, 0.3) is 0 Å². The van der Waals surface area contributed by atoms with Gasteiger partial charge in [0.05, 0.1) is 6.54 Å². The quantitative estimate of drug-likeness (QED) is 0.781. The van der Waals surface area contributed by atoms with Gasteiger partial charge in [-0.1, -0.05) is 15.9 Å². The first-order chi connectivity index (χ1) is 10.5. The first-order valence-electron chi connectivity index (χ1n) is 6.59. The van der Waals surface area contributed by atoms with Crippen molar-refractivity contribution >= 4 is 50.8 Å². The molecule has 1 aromatic heterocycles. The maximum absolute atomic E-state index is 11.8. The Bertz CT molecular complexity index is 696. The van der Waals surface area contributed by atoms with Gasteiger partial charge in [-0.15, -0.1) is 0 Å². The van der Waals surface area contributed by atoms with Crippen LogP contribution < -0.4 is 10.6 Å². The molecule has 0 spiro atoms. The molecule has 2 amide bonds. The molecule has 0 aliphatic heterocycles. The lowest BCUT2D eigenvalue weighted by molar-refractivity contribution is -0.121. The third kappa shape index (κ3) is 5.13. The summed E-state index contributed by atoms with van der Waals surface area (Å²) < 4.78 is 0.954. The van der Waals surface area contributed by atoms with Crippen molar-refractivity contribution in [3.8, 4) is 0 Å². The maximum Gasteiger partial charge on any atom is 0.244 e. The highest BCUT2D eigenvalue weighted by molar-refractivity contribution is 9.10. The first kappa shape index (κ1) is 16.5. The van der Waals surface area contributed by atoms with Gasteiger partial charge >= 0.3 is 0 Å². The number of hydrogen-bond acceptors (Lipinski definition) is 3. The fourth-order valence-corrected chi connectivity index (χ4v) is 2.83. The topological polar surface area (TPSA) is 58.2 Å². The zero-order chi connectivity index (χ0) is 15.9. The lowest BCUT2D eigenvalue weighted by atomic mass is 10.2. The van der Waals surface area contributed by atoms with Gasteiger partial charge in [0.2, 0.25) is 11.8 Å². The van der Waals surface area contributed by atoms with Crippen molar-refractivity contribution in [2.75, 3.05) is 11.9 Å². The molecule has 114 valence electrons. The molecule has 22 heavy (non-hydrogen) atoms. The minimum atomic E-state index is -0.297. The summed E-state index contributed by atoms with van der Waals surface area (Å²) in [5.41, 5.74) is 2.65. The molecular formula is C16H15BrN2O2S. The van der Waals surface area contributed by atoms with Crippen LogP contribution in [-0.2, 0) is 9.59 Å². The zero-order valence-corrected chi connectivity index (χ0v) is 14.3. The van der Waals surface area contributed by atoms with Crippen LogP contribution >= 0.6 is 27.3 Å². The van der Waals surface area contributed by atoms with Crippen LogP contribution in [0, 0.1) is 6.92 Å². The van der Waals surface area contributed by atoms with E-state index < -0.39 is 0 Å². The van der Waals surface area contributed by atoms with E-state index in [0.717, 1.165) is 21.3 Å². The van der Waals surface area contributed by atoms with E-state index in [1.165, 1.54) is 6.08 Å². The Hall–Kier alpha value is -1.92. The number of hydrogen-bond donors (Lipinski definition) is 2. The molecule has 1 aromatic carbocycles. The van der Waals surface area contributed by atoms with E-state index in [2.05, 4.69) is 26.6 Å². The Labute approximate surface area is 141 Å². The van der Waals surface area contributed by atoms with Crippen LogP contribution in [0.15, 0.2) is 45.6 Å². The van der Waals surface area contributed by atoms with Gasteiger partial charge in [0, 0.05) is 16.2 Å². The van der Waals surface area contributed by atoms with E-state index in [1.54, 1.807) is 17.4 Å². The highest BCUT2D eigenvalue weighted by Crippen LogP contribution is 2.19. The van der Waals surface area contributed by atoms with Gasteiger partial charge < -0.3 is 10.6 Å². The lowest BCUT2D eigenvalue weighted by Gasteiger charge is -2.09. The second-order valence-electron chi connectivity index (χ2n) is 4.62. The summed E-state index contributed by atoms with van der Waals surface area (Å²) in [6.07, 6.45) is 3.13. The van der Waals surface area contributed by atoms with Gasteiger partial charge in [-0.2, -0.15) is 11.3 Å². The molecule has 2 N–H and O–H groups in total. The molecule has 0 aliphatic rings. The predicted molar refractivity (Wildman–Crippen MR) is 93.9 cm³/mol. The number of benzene rings is 1. The summed E-state index contributed by atoms with van der Waals surface area (Å²) in [6, 6.07) is 7.50. The van der Waals surface area contributed by atoms with E-state index in [0.29, 0.717) is 0 Å². The van der Waals surface area contributed by atoms with Crippen molar-refractivity contribution < 1.29 is 9.59 Å². The largest absolute Gasteiger partial charge is 0.343 e. The lowest BCUT2D eigenvalue weighted by Crippen LogP contribution is -2.31. The van der Waals surface area contributed by atoms with Gasteiger partial charge in [-0.05, 0) is 59.2 Å². The van der Waals surface area contributed by atoms with E-state index in [9.17, 15) is 9.59 Å². The van der Waals surface area contributed by atoms with Crippen LogP contribution in [0.2, 0.25) is 0 Å². The highest BCUT2D eigenvalue weighted by Gasteiger charge is 2.06. The molecule has 0 aliphatic carbocycles. The molecule has 1 heterocycles. The molecule has 0 saturated heterocycles. The van der Waals surface area contributed by atoms with Crippen LogP contribution in [0.25, 0.3) is 6.08 Å².